The summed E-state index contributed by atoms with van der Waals surface area (Å²) < 4.78 is 7.81. The Balaban J connectivity index is 1.87. The number of halogens is 1. The molecule has 4 rings (SSSR count). The second-order valence-corrected chi connectivity index (χ2v) is 7.61. The second-order valence-electron chi connectivity index (χ2n) is 7.20. The van der Waals surface area contributed by atoms with Crippen molar-refractivity contribution < 1.29 is 4.74 Å². The highest BCUT2D eigenvalue weighted by molar-refractivity contribution is 6.31. The summed E-state index contributed by atoms with van der Waals surface area (Å²) in [6, 6.07) is 1.97. The van der Waals surface area contributed by atoms with E-state index in [4.69, 9.17) is 21.4 Å². The maximum Gasteiger partial charge on any atom is 0.161 e. The number of rotatable bonds is 5. The van der Waals surface area contributed by atoms with Crippen LogP contribution in [0.3, 0.4) is 0 Å². The SMILES string of the molecule is COc1c(C(C)n2nc(C)c3cncnc32)cc(Cl)c(C)c1CC1CC1. The van der Waals surface area contributed by atoms with Gasteiger partial charge in [-0.15, -0.1) is 0 Å². The van der Waals surface area contributed by atoms with E-state index in [1.165, 1.54) is 18.4 Å². The van der Waals surface area contributed by atoms with E-state index in [2.05, 4.69) is 23.8 Å². The summed E-state index contributed by atoms with van der Waals surface area (Å²) in [5.74, 6) is 1.69. The van der Waals surface area contributed by atoms with E-state index < -0.39 is 0 Å². The normalized spacial score (nSPS) is 15.4. The lowest BCUT2D eigenvalue weighted by Crippen LogP contribution is -2.13. The molecule has 26 heavy (non-hydrogen) atoms. The minimum absolute atomic E-state index is 0.0490. The summed E-state index contributed by atoms with van der Waals surface area (Å²) >= 11 is 6.60. The lowest BCUT2D eigenvalue weighted by molar-refractivity contribution is 0.395. The molecule has 2 aromatic heterocycles. The molecule has 5 nitrogen and oxygen atoms in total. The quantitative estimate of drug-likeness (QED) is 0.655. The van der Waals surface area contributed by atoms with Gasteiger partial charge in [0.25, 0.3) is 0 Å². The third-order valence-electron chi connectivity index (χ3n) is 5.40. The van der Waals surface area contributed by atoms with Crippen LogP contribution < -0.4 is 4.74 Å². The number of aromatic nitrogens is 4. The van der Waals surface area contributed by atoms with Crippen LogP contribution in [-0.2, 0) is 6.42 Å². The van der Waals surface area contributed by atoms with E-state index in [9.17, 15) is 0 Å². The zero-order valence-electron chi connectivity index (χ0n) is 15.6. The first-order chi connectivity index (χ1) is 12.5. The fraction of sp³-hybridized carbons (Fsp3) is 0.450. The molecule has 1 atom stereocenters. The Morgan fingerprint density at radius 3 is 2.81 bits per heavy atom. The number of ether oxygens (including phenoxy) is 1. The number of hydrogen-bond acceptors (Lipinski definition) is 4. The van der Waals surface area contributed by atoms with Gasteiger partial charge in [0.2, 0.25) is 0 Å². The molecule has 1 aliphatic rings. The summed E-state index contributed by atoms with van der Waals surface area (Å²) in [7, 11) is 1.74. The first-order valence-electron chi connectivity index (χ1n) is 9.02. The van der Waals surface area contributed by atoms with Gasteiger partial charge in [0.1, 0.15) is 12.1 Å². The molecular weight excluding hydrogens is 348 g/mol. The van der Waals surface area contributed by atoms with Crippen LogP contribution in [0.5, 0.6) is 5.75 Å². The molecule has 1 aliphatic carbocycles. The molecule has 0 radical (unpaired) electrons. The predicted octanol–water partition coefficient (Wildman–Crippen LogP) is 4.67. The van der Waals surface area contributed by atoms with Crippen LogP contribution in [0.4, 0.5) is 0 Å². The maximum atomic E-state index is 6.60. The Kier molecular flexibility index (Phi) is 4.35. The van der Waals surface area contributed by atoms with Gasteiger partial charge < -0.3 is 4.74 Å². The van der Waals surface area contributed by atoms with Crippen molar-refractivity contribution in [1.82, 2.24) is 19.7 Å². The smallest absolute Gasteiger partial charge is 0.161 e. The highest BCUT2D eigenvalue weighted by Crippen LogP contribution is 2.42. The third-order valence-corrected chi connectivity index (χ3v) is 5.79. The number of fused-ring (bicyclic) bond motifs is 1. The van der Waals surface area contributed by atoms with E-state index in [-0.39, 0.29) is 6.04 Å². The Hall–Kier alpha value is -2.14. The molecule has 0 bridgehead atoms. The van der Waals surface area contributed by atoms with E-state index in [0.717, 1.165) is 51.0 Å². The van der Waals surface area contributed by atoms with E-state index in [0.29, 0.717) is 0 Å². The Labute approximate surface area is 158 Å². The molecule has 0 N–H and O–H groups in total. The lowest BCUT2D eigenvalue weighted by Gasteiger charge is -2.22. The van der Waals surface area contributed by atoms with Crippen LogP contribution >= 0.6 is 11.6 Å². The molecule has 0 saturated heterocycles. The molecule has 1 fully saturated rings. The van der Waals surface area contributed by atoms with Crippen molar-refractivity contribution in [2.24, 2.45) is 5.92 Å². The number of nitrogens with zero attached hydrogens (tertiary/aromatic N) is 4. The van der Waals surface area contributed by atoms with Gasteiger partial charge in [-0.05, 0) is 63.1 Å². The molecule has 1 aromatic carbocycles. The van der Waals surface area contributed by atoms with Crippen LogP contribution in [0.1, 0.15) is 48.2 Å². The summed E-state index contributed by atoms with van der Waals surface area (Å²) in [6.45, 7) is 6.17. The van der Waals surface area contributed by atoms with Gasteiger partial charge in [-0.2, -0.15) is 5.10 Å². The Morgan fingerprint density at radius 2 is 2.12 bits per heavy atom. The highest BCUT2D eigenvalue weighted by Gasteiger charge is 2.28. The summed E-state index contributed by atoms with van der Waals surface area (Å²) in [5, 5.41) is 6.46. The van der Waals surface area contributed by atoms with Gasteiger partial charge in [0.15, 0.2) is 5.65 Å². The summed E-state index contributed by atoms with van der Waals surface area (Å²) in [6.07, 6.45) is 6.98. The van der Waals surface area contributed by atoms with Crippen LogP contribution in [-0.4, -0.2) is 26.9 Å². The minimum Gasteiger partial charge on any atom is -0.496 e. The summed E-state index contributed by atoms with van der Waals surface area (Å²) in [5.41, 5.74) is 5.14. The van der Waals surface area contributed by atoms with Gasteiger partial charge in [0, 0.05) is 16.8 Å². The van der Waals surface area contributed by atoms with Crippen LogP contribution in [0.2, 0.25) is 5.02 Å². The molecule has 1 unspecified atom stereocenters. The van der Waals surface area contributed by atoms with Gasteiger partial charge >= 0.3 is 0 Å². The largest absolute Gasteiger partial charge is 0.496 e. The average Bonchev–Trinajstić information content (AvgIpc) is 3.40. The highest BCUT2D eigenvalue weighted by atomic mass is 35.5. The minimum atomic E-state index is -0.0490. The van der Waals surface area contributed by atoms with Gasteiger partial charge in [-0.3, -0.25) is 0 Å². The first-order valence-corrected chi connectivity index (χ1v) is 9.39. The van der Waals surface area contributed by atoms with Crippen molar-refractivity contribution >= 4 is 22.6 Å². The Morgan fingerprint density at radius 1 is 1.35 bits per heavy atom. The number of hydrogen-bond donors (Lipinski definition) is 0. The maximum absolute atomic E-state index is 6.60. The molecule has 136 valence electrons. The number of benzene rings is 1. The van der Waals surface area contributed by atoms with Crippen molar-refractivity contribution in [1.29, 1.82) is 0 Å². The van der Waals surface area contributed by atoms with E-state index >= 15 is 0 Å². The molecule has 2 heterocycles. The van der Waals surface area contributed by atoms with Crippen LogP contribution in [0, 0.1) is 19.8 Å². The van der Waals surface area contributed by atoms with Crippen molar-refractivity contribution in [3.63, 3.8) is 0 Å². The topological polar surface area (TPSA) is 52.8 Å². The molecule has 6 heteroatoms. The molecule has 0 aliphatic heterocycles. The van der Waals surface area contributed by atoms with Gasteiger partial charge in [0.05, 0.1) is 24.2 Å². The fourth-order valence-corrected chi connectivity index (χ4v) is 3.86. The monoisotopic (exact) mass is 370 g/mol. The van der Waals surface area contributed by atoms with Crippen molar-refractivity contribution in [3.05, 3.63) is 46.0 Å². The lowest BCUT2D eigenvalue weighted by atomic mass is 9.95. The van der Waals surface area contributed by atoms with Crippen molar-refractivity contribution in [3.8, 4) is 5.75 Å². The molecule has 0 spiro atoms. The van der Waals surface area contributed by atoms with E-state index in [1.807, 2.05) is 23.9 Å². The standard InChI is InChI=1S/C20H23ClN4O/c1-11-15(7-14-5-6-14)19(26-4)16(8-18(11)21)13(3)25-20-17(12(2)24-25)9-22-10-23-20/h8-10,13-14H,5-7H2,1-4H3. The van der Waals surface area contributed by atoms with Gasteiger partial charge in [-0.25, -0.2) is 14.6 Å². The third kappa shape index (κ3) is 2.84. The number of aryl methyl sites for hydroxylation is 1. The first kappa shape index (κ1) is 17.3. The molecule has 3 aromatic rings. The predicted molar refractivity (Wildman–Crippen MR) is 103 cm³/mol. The zero-order chi connectivity index (χ0) is 18.4. The van der Waals surface area contributed by atoms with Crippen LogP contribution in [0.15, 0.2) is 18.6 Å². The second kappa shape index (κ2) is 6.54. The van der Waals surface area contributed by atoms with Crippen LogP contribution in [0.25, 0.3) is 11.0 Å². The summed E-state index contributed by atoms with van der Waals surface area (Å²) in [4.78, 5) is 8.56. The average molecular weight is 371 g/mol. The molecule has 1 saturated carbocycles. The zero-order valence-corrected chi connectivity index (χ0v) is 16.3. The van der Waals surface area contributed by atoms with E-state index in [1.54, 1.807) is 13.4 Å². The Bertz CT molecular complexity index is 978. The molecular formula is C20H23ClN4O. The van der Waals surface area contributed by atoms with Crippen molar-refractivity contribution in [2.75, 3.05) is 7.11 Å². The number of methoxy groups -OCH3 is 1. The van der Waals surface area contributed by atoms with Gasteiger partial charge in [-0.1, -0.05) is 11.6 Å². The molecule has 0 amide bonds. The van der Waals surface area contributed by atoms with Crippen molar-refractivity contribution in [2.45, 2.75) is 46.1 Å². The fourth-order valence-electron chi connectivity index (χ4n) is 3.63.